The van der Waals surface area contributed by atoms with Crippen molar-refractivity contribution in [2.75, 3.05) is 45.9 Å². The maximum absolute atomic E-state index is 12.1. The molecule has 2 unspecified atom stereocenters. The minimum atomic E-state index is -0.570. The summed E-state index contributed by atoms with van der Waals surface area (Å²) in [6.45, 7) is 6.77. The number of piperidine rings is 2. The summed E-state index contributed by atoms with van der Waals surface area (Å²) in [5.74, 6) is 1.58. The molecule has 1 aromatic carbocycles. The number of ether oxygens (including phenoxy) is 1. The molecular formula is C20H28N4O3. The molecule has 2 amide bonds. The Labute approximate surface area is 160 Å². The fourth-order valence-corrected chi connectivity index (χ4v) is 4.13. The van der Waals surface area contributed by atoms with Crippen LogP contribution in [0.5, 0.6) is 5.75 Å². The number of rotatable bonds is 6. The van der Waals surface area contributed by atoms with E-state index in [0.717, 1.165) is 32.6 Å². The number of aliphatic hydroxyl groups excluding tert-OH is 1. The molecule has 2 saturated heterocycles. The molecule has 0 aliphatic carbocycles. The molecule has 3 rings (SSSR count). The number of nitrogens with zero attached hydrogens (tertiary/aromatic N) is 3. The smallest absolute Gasteiger partial charge is 0.317 e. The topological polar surface area (TPSA) is 88.8 Å². The minimum absolute atomic E-state index is 0.0384. The molecule has 2 aliphatic rings. The van der Waals surface area contributed by atoms with E-state index in [-0.39, 0.29) is 12.6 Å². The number of urea groups is 1. The zero-order valence-electron chi connectivity index (χ0n) is 15.8. The van der Waals surface area contributed by atoms with Crippen LogP contribution < -0.4 is 10.1 Å². The highest BCUT2D eigenvalue weighted by molar-refractivity contribution is 5.74. The predicted molar refractivity (Wildman–Crippen MR) is 101 cm³/mol. The van der Waals surface area contributed by atoms with Crippen LogP contribution in [0.15, 0.2) is 24.3 Å². The molecule has 2 bridgehead atoms. The van der Waals surface area contributed by atoms with Crippen molar-refractivity contribution in [1.82, 2.24) is 15.1 Å². The summed E-state index contributed by atoms with van der Waals surface area (Å²) in [6, 6.07) is 9.00. The molecule has 1 aromatic rings. The van der Waals surface area contributed by atoms with Crippen LogP contribution in [0.1, 0.15) is 18.9 Å². The van der Waals surface area contributed by atoms with Crippen LogP contribution in [0.3, 0.4) is 0 Å². The van der Waals surface area contributed by atoms with E-state index in [0.29, 0.717) is 36.2 Å². The Kier molecular flexibility index (Phi) is 6.54. The zero-order valence-corrected chi connectivity index (χ0v) is 15.8. The molecule has 2 fully saturated rings. The maximum Gasteiger partial charge on any atom is 0.317 e. The molecule has 27 heavy (non-hydrogen) atoms. The van der Waals surface area contributed by atoms with Crippen LogP contribution in [-0.4, -0.2) is 72.9 Å². The van der Waals surface area contributed by atoms with E-state index in [1.807, 2.05) is 11.8 Å². The Bertz CT molecular complexity index is 659. The first-order chi connectivity index (χ1) is 13.1. The van der Waals surface area contributed by atoms with Crippen molar-refractivity contribution in [2.24, 2.45) is 11.8 Å². The molecule has 2 heterocycles. The van der Waals surface area contributed by atoms with Crippen molar-refractivity contribution < 1.29 is 14.6 Å². The lowest BCUT2D eigenvalue weighted by Crippen LogP contribution is -2.56. The average molecular weight is 372 g/mol. The molecule has 146 valence electrons. The van der Waals surface area contributed by atoms with E-state index in [1.54, 1.807) is 24.3 Å². The molecule has 2 aliphatic heterocycles. The molecule has 3 atom stereocenters. The Morgan fingerprint density at radius 2 is 1.96 bits per heavy atom. The monoisotopic (exact) mass is 372 g/mol. The number of hydrogen-bond donors (Lipinski definition) is 2. The Balaban J connectivity index is 1.44. The van der Waals surface area contributed by atoms with Gasteiger partial charge in [0.1, 0.15) is 18.5 Å². The van der Waals surface area contributed by atoms with Gasteiger partial charge in [0, 0.05) is 39.3 Å². The molecule has 2 N–H and O–H groups in total. The Morgan fingerprint density at radius 3 is 2.56 bits per heavy atom. The van der Waals surface area contributed by atoms with Gasteiger partial charge >= 0.3 is 6.03 Å². The van der Waals surface area contributed by atoms with E-state index in [1.165, 1.54) is 0 Å². The first-order valence-electron chi connectivity index (χ1n) is 9.63. The second kappa shape index (κ2) is 9.07. The number of amides is 2. The van der Waals surface area contributed by atoms with Crippen LogP contribution in [-0.2, 0) is 0 Å². The second-order valence-electron chi connectivity index (χ2n) is 7.53. The summed E-state index contributed by atoms with van der Waals surface area (Å²) in [5.41, 5.74) is 0.587. The van der Waals surface area contributed by atoms with E-state index in [2.05, 4.69) is 16.3 Å². The Morgan fingerprint density at radius 1 is 1.30 bits per heavy atom. The van der Waals surface area contributed by atoms with Crippen LogP contribution in [0.2, 0.25) is 0 Å². The van der Waals surface area contributed by atoms with E-state index in [4.69, 9.17) is 10.00 Å². The van der Waals surface area contributed by atoms with E-state index in [9.17, 15) is 9.90 Å². The number of benzene rings is 1. The number of nitrogens with one attached hydrogen (secondary N) is 1. The van der Waals surface area contributed by atoms with Gasteiger partial charge in [0.2, 0.25) is 0 Å². The number of carbonyl (C=O) groups excluding carboxylic acids is 1. The minimum Gasteiger partial charge on any atom is -0.491 e. The lowest BCUT2D eigenvalue weighted by molar-refractivity contribution is 0.00924. The van der Waals surface area contributed by atoms with Crippen LogP contribution in [0, 0.1) is 23.2 Å². The Hall–Kier alpha value is -2.30. The van der Waals surface area contributed by atoms with Crippen molar-refractivity contribution in [2.45, 2.75) is 19.4 Å². The first kappa shape index (κ1) is 19.5. The van der Waals surface area contributed by atoms with Crippen molar-refractivity contribution in [3.8, 4) is 11.8 Å². The number of likely N-dealkylation sites (tertiary alicyclic amines) is 2. The highest BCUT2D eigenvalue weighted by Crippen LogP contribution is 2.28. The third kappa shape index (κ3) is 5.34. The summed E-state index contributed by atoms with van der Waals surface area (Å²) in [5, 5.41) is 22.0. The van der Waals surface area contributed by atoms with Crippen molar-refractivity contribution in [3.63, 3.8) is 0 Å². The zero-order chi connectivity index (χ0) is 19.2. The van der Waals surface area contributed by atoms with Crippen LogP contribution in [0.25, 0.3) is 0 Å². The molecule has 0 radical (unpaired) electrons. The average Bonchev–Trinajstić information content (AvgIpc) is 2.66. The fraction of sp³-hybridized carbons (Fsp3) is 0.600. The third-order valence-corrected chi connectivity index (χ3v) is 5.17. The molecule has 0 spiro atoms. The number of hydrogen-bond acceptors (Lipinski definition) is 5. The summed E-state index contributed by atoms with van der Waals surface area (Å²) < 4.78 is 5.63. The van der Waals surface area contributed by atoms with Crippen molar-refractivity contribution >= 4 is 6.03 Å². The fourth-order valence-electron chi connectivity index (χ4n) is 4.13. The highest BCUT2D eigenvalue weighted by atomic mass is 16.5. The van der Waals surface area contributed by atoms with Gasteiger partial charge in [-0.3, -0.25) is 4.90 Å². The van der Waals surface area contributed by atoms with Gasteiger partial charge in [-0.1, -0.05) is 0 Å². The first-order valence-corrected chi connectivity index (χ1v) is 9.63. The summed E-state index contributed by atoms with van der Waals surface area (Å²) >= 11 is 0. The molecule has 7 heteroatoms. The lowest BCUT2D eigenvalue weighted by atomic mass is 9.84. The van der Waals surface area contributed by atoms with Crippen LogP contribution >= 0.6 is 0 Å². The van der Waals surface area contributed by atoms with Gasteiger partial charge in [0.15, 0.2) is 0 Å². The van der Waals surface area contributed by atoms with Gasteiger partial charge in [0.05, 0.1) is 11.6 Å². The number of β-amino-alcohol motifs (C(OH)–C–C–N with tert-alkyl or cyclic N) is 1. The van der Waals surface area contributed by atoms with Gasteiger partial charge in [-0.05, 0) is 49.4 Å². The number of carbonyl (C=O) groups is 1. The third-order valence-electron chi connectivity index (χ3n) is 5.17. The highest BCUT2D eigenvalue weighted by Gasteiger charge is 2.36. The number of fused-ring (bicyclic) bond motifs is 2. The summed E-state index contributed by atoms with van der Waals surface area (Å²) in [7, 11) is 0. The standard InChI is InChI=1S/C20H28N4O3/c1-2-22-20(26)24-11-16-7-17(12-24)10-23(9-16)13-18(25)14-27-19-5-3-15(8-21)4-6-19/h3-6,16-18,25H,2,7,9-14H2,1H3,(H,22,26)/t16?,17?,18-/m0/s1. The second-order valence-corrected chi connectivity index (χ2v) is 7.53. The van der Waals surface area contributed by atoms with Gasteiger partial charge in [0.25, 0.3) is 0 Å². The normalized spacial score (nSPS) is 23.4. The quantitative estimate of drug-likeness (QED) is 0.785. The maximum atomic E-state index is 12.1. The molecule has 7 nitrogen and oxygen atoms in total. The lowest BCUT2D eigenvalue weighted by Gasteiger charge is -2.46. The van der Waals surface area contributed by atoms with Gasteiger partial charge < -0.3 is 20.1 Å². The van der Waals surface area contributed by atoms with Gasteiger partial charge in [-0.25, -0.2) is 4.79 Å². The molecule has 0 saturated carbocycles. The SMILES string of the molecule is CCNC(=O)N1CC2CC(CN(C[C@H](O)COc3ccc(C#N)cc3)C2)C1. The van der Waals surface area contributed by atoms with Gasteiger partial charge in [-0.2, -0.15) is 5.26 Å². The molecule has 0 aromatic heterocycles. The van der Waals surface area contributed by atoms with Crippen molar-refractivity contribution in [3.05, 3.63) is 29.8 Å². The summed E-state index contributed by atoms with van der Waals surface area (Å²) in [4.78, 5) is 16.3. The van der Waals surface area contributed by atoms with E-state index >= 15 is 0 Å². The number of nitriles is 1. The number of aliphatic hydroxyl groups is 1. The van der Waals surface area contributed by atoms with E-state index < -0.39 is 6.10 Å². The molecular weight excluding hydrogens is 344 g/mol. The predicted octanol–water partition coefficient (Wildman–Crippen LogP) is 1.28. The largest absolute Gasteiger partial charge is 0.491 e. The summed E-state index contributed by atoms with van der Waals surface area (Å²) in [6.07, 6.45) is 0.587. The van der Waals surface area contributed by atoms with Gasteiger partial charge in [-0.15, -0.1) is 0 Å². The van der Waals surface area contributed by atoms with Crippen LogP contribution in [0.4, 0.5) is 4.79 Å². The van der Waals surface area contributed by atoms with Crippen molar-refractivity contribution in [1.29, 1.82) is 5.26 Å².